The highest BCUT2D eigenvalue weighted by atomic mass is 16.4. The summed E-state index contributed by atoms with van der Waals surface area (Å²) in [4.78, 5) is 23.7. The fourth-order valence-corrected chi connectivity index (χ4v) is 1.68. The predicted molar refractivity (Wildman–Crippen MR) is 57.1 cm³/mol. The minimum absolute atomic E-state index is 0.0811. The Labute approximate surface area is 94.2 Å². The van der Waals surface area contributed by atoms with Crippen molar-refractivity contribution < 1.29 is 19.8 Å². The third kappa shape index (κ3) is 4.06. The van der Waals surface area contributed by atoms with Crippen molar-refractivity contribution >= 4 is 12.0 Å². The molecule has 0 aliphatic carbocycles. The zero-order valence-corrected chi connectivity index (χ0v) is 9.35. The molecule has 92 valence electrons. The molecule has 6 nitrogen and oxygen atoms in total. The van der Waals surface area contributed by atoms with E-state index < -0.39 is 5.97 Å². The Morgan fingerprint density at radius 1 is 1.44 bits per heavy atom. The zero-order chi connectivity index (χ0) is 12.1. The molecule has 1 atom stereocenters. The number of nitrogens with one attached hydrogen (secondary N) is 1. The van der Waals surface area contributed by atoms with E-state index in [0.29, 0.717) is 25.9 Å². The Balaban J connectivity index is 2.32. The van der Waals surface area contributed by atoms with Gasteiger partial charge in [0.15, 0.2) is 0 Å². The van der Waals surface area contributed by atoms with Crippen molar-refractivity contribution in [3.63, 3.8) is 0 Å². The number of carbonyl (C=O) groups is 2. The molecular formula is C10H18N2O4. The summed E-state index contributed by atoms with van der Waals surface area (Å²) in [5, 5.41) is 20.4. The van der Waals surface area contributed by atoms with Gasteiger partial charge in [-0.25, -0.2) is 4.79 Å². The third-order valence-corrected chi connectivity index (χ3v) is 2.60. The Kier molecular flexibility index (Phi) is 4.54. The van der Waals surface area contributed by atoms with Gasteiger partial charge in [0.2, 0.25) is 0 Å². The average molecular weight is 230 g/mol. The van der Waals surface area contributed by atoms with Crippen LogP contribution in [0, 0.1) is 0 Å². The normalized spacial score (nSPS) is 19.2. The maximum Gasteiger partial charge on any atom is 0.317 e. The lowest BCUT2D eigenvalue weighted by Crippen LogP contribution is -2.48. The summed E-state index contributed by atoms with van der Waals surface area (Å²) in [7, 11) is 0. The molecule has 1 rings (SSSR count). The Bertz CT molecular complexity index is 262. The number of carboxylic acids is 1. The van der Waals surface area contributed by atoms with E-state index in [1.54, 1.807) is 11.8 Å². The summed E-state index contributed by atoms with van der Waals surface area (Å²) in [6.45, 7) is 2.70. The van der Waals surface area contributed by atoms with Gasteiger partial charge in [-0.05, 0) is 19.8 Å². The number of nitrogens with zero attached hydrogens (tertiary/aromatic N) is 1. The monoisotopic (exact) mass is 230 g/mol. The summed E-state index contributed by atoms with van der Waals surface area (Å²) < 4.78 is 0. The molecule has 3 N–H and O–H groups in total. The van der Waals surface area contributed by atoms with E-state index in [0.717, 1.165) is 0 Å². The second-order valence-corrected chi connectivity index (χ2v) is 4.17. The predicted octanol–water partition coefficient (Wildman–Crippen LogP) is 0.0159. The second kappa shape index (κ2) is 5.69. The van der Waals surface area contributed by atoms with Gasteiger partial charge in [-0.2, -0.15) is 0 Å². The number of aliphatic hydroxyl groups is 1. The fraction of sp³-hybridized carbons (Fsp3) is 0.800. The smallest absolute Gasteiger partial charge is 0.317 e. The first-order valence-corrected chi connectivity index (χ1v) is 5.44. The van der Waals surface area contributed by atoms with E-state index >= 15 is 0 Å². The van der Waals surface area contributed by atoms with Crippen molar-refractivity contribution in [2.45, 2.75) is 38.3 Å². The minimum atomic E-state index is -0.929. The molecule has 16 heavy (non-hydrogen) atoms. The lowest BCUT2D eigenvalue weighted by Gasteiger charge is -2.30. The first-order valence-electron chi connectivity index (χ1n) is 5.44. The standard InChI is InChI=1S/C10H18N2O4/c1-7(6-9(14)15)11-10(16)12-4-2-8(13)3-5-12/h7-8,13H,2-6H2,1H3,(H,11,16)(H,14,15). The third-order valence-electron chi connectivity index (χ3n) is 2.60. The van der Waals surface area contributed by atoms with Crippen molar-refractivity contribution in [3.05, 3.63) is 0 Å². The molecule has 1 saturated heterocycles. The van der Waals surface area contributed by atoms with E-state index in [1.807, 2.05) is 0 Å². The van der Waals surface area contributed by atoms with Crippen LogP contribution in [0.25, 0.3) is 0 Å². The number of amides is 2. The van der Waals surface area contributed by atoms with Crippen molar-refractivity contribution in [2.24, 2.45) is 0 Å². The molecule has 0 aromatic rings. The molecule has 0 radical (unpaired) electrons. The molecule has 0 spiro atoms. The highest BCUT2D eigenvalue weighted by Gasteiger charge is 2.22. The molecule has 1 heterocycles. The molecule has 0 saturated carbocycles. The van der Waals surface area contributed by atoms with Crippen LogP contribution in [-0.2, 0) is 4.79 Å². The quantitative estimate of drug-likeness (QED) is 0.637. The second-order valence-electron chi connectivity index (χ2n) is 4.17. The molecule has 1 fully saturated rings. The number of likely N-dealkylation sites (tertiary alicyclic amines) is 1. The number of rotatable bonds is 3. The highest BCUT2D eigenvalue weighted by Crippen LogP contribution is 2.10. The number of aliphatic carboxylic acids is 1. The fourth-order valence-electron chi connectivity index (χ4n) is 1.68. The van der Waals surface area contributed by atoms with Crippen LogP contribution in [0.4, 0.5) is 4.79 Å². The Hall–Kier alpha value is -1.30. The van der Waals surface area contributed by atoms with Crippen LogP contribution < -0.4 is 5.32 Å². The van der Waals surface area contributed by atoms with Gasteiger partial charge in [-0.3, -0.25) is 4.79 Å². The molecule has 0 bridgehead atoms. The largest absolute Gasteiger partial charge is 0.481 e. The number of hydrogen-bond acceptors (Lipinski definition) is 3. The van der Waals surface area contributed by atoms with Crippen LogP contribution in [0.2, 0.25) is 0 Å². The molecule has 1 aliphatic rings. The van der Waals surface area contributed by atoms with Crippen LogP contribution >= 0.6 is 0 Å². The summed E-state index contributed by atoms with van der Waals surface area (Å²) >= 11 is 0. The topological polar surface area (TPSA) is 89.9 Å². The Morgan fingerprint density at radius 3 is 2.50 bits per heavy atom. The van der Waals surface area contributed by atoms with E-state index in [1.165, 1.54) is 0 Å². The summed E-state index contributed by atoms with van der Waals surface area (Å²) in [6.07, 6.45) is 0.768. The highest BCUT2D eigenvalue weighted by molar-refractivity contribution is 5.75. The Morgan fingerprint density at radius 2 is 2.00 bits per heavy atom. The first-order chi connectivity index (χ1) is 7.49. The summed E-state index contributed by atoms with van der Waals surface area (Å²) in [5.41, 5.74) is 0. The number of urea groups is 1. The van der Waals surface area contributed by atoms with Crippen molar-refractivity contribution in [1.82, 2.24) is 10.2 Å². The SMILES string of the molecule is CC(CC(=O)O)NC(=O)N1CCC(O)CC1. The number of hydrogen-bond donors (Lipinski definition) is 3. The van der Waals surface area contributed by atoms with Gasteiger partial charge < -0.3 is 20.4 Å². The molecule has 0 aromatic carbocycles. The number of aliphatic hydroxyl groups excluding tert-OH is 1. The van der Waals surface area contributed by atoms with E-state index in [2.05, 4.69) is 5.32 Å². The van der Waals surface area contributed by atoms with Crippen LogP contribution in [0.3, 0.4) is 0 Å². The molecule has 0 aromatic heterocycles. The zero-order valence-electron chi connectivity index (χ0n) is 9.35. The number of piperidine rings is 1. The lowest BCUT2D eigenvalue weighted by molar-refractivity contribution is -0.137. The number of carboxylic acid groups (broad SMARTS) is 1. The lowest BCUT2D eigenvalue weighted by atomic mass is 10.1. The maximum absolute atomic E-state index is 11.6. The number of carbonyl (C=O) groups excluding carboxylic acids is 1. The van der Waals surface area contributed by atoms with Gasteiger partial charge in [0.05, 0.1) is 12.5 Å². The summed E-state index contributed by atoms with van der Waals surface area (Å²) in [5.74, 6) is -0.929. The average Bonchev–Trinajstić information content (AvgIpc) is 2.16. The van der Waals surface area contributed by atoms with Gasteiger partial charge in [0.1, 0.15) is 0 Å². The van der Waals surface area contributed by atoms with E-state index in [9.17, 15) is 14.7 Å². The minimum Gasteiger partial charge on any atom is -0.481 e. The first kappa shape index (κ1) is 12.8. The molecule has 1 aliphatic heterocycles. The van der Waals surface area contributed by atoms with Gasteiger partial charge >= 0.3 is 12.0 Å². The van der Waals surface area contributed by atoms with Gasteiger partial charge in [0, 0.05) is 19.1 Å². The molecule has 2 amide bonds. The van der Waals surface area contributed by atoms with Gasteiger partial charge in [0.25, 0.3) is 0 Å². The van der Waals surface area contributed by atoms with E-state index in [4.69, 9.17) is 5.11 Å². The molecule has 6 heteroatoms. The van der Waals surface area contributed by atoms with Crippen LogP contribution in [0.5, 0.6) is 0 Å². The van der Waals surface area contributed by atoms with Crippen LogP contribution in [0.1, 0.15) is 26.2 Å². The van der Waals surface area contributed by atoms with Gasteiger partial charge in [-0.1, -0.05) is 0 Å². The van der Waals surface area contributed by atoms with Crippen molar-refractivity contribution in [3.8, 4) is 0 Å². The van der Waals surface area contributed by atoms with Gasteiger partial charge in [-0.15, -0.1) is 0 Å². The summed E-state index contributed by atoms with van der Waals surface area (Å²) in [6, 6.07) is -0.627. The van der Waals surface area contributed by atoms with Crippen LogP contribution in [-0.4, -0.2) is 52.3 Å². The van der Waals surface area contributed by atoms with Crippen molar-refractivity contribution in [2.75, 3.05) is 13.1 Å². The maximum atomic E-state index is 11.6. The molecular weight excluding hydrogens is 212 g/mol. The van der Waals surface area contributed by atoms with E-state index in [-0.39, 0.29) is 24.6 Å². The van der Waals surface area contributed by atoms with Crippen LogP contribution in [0.15, 0.2) is 0 Å². The van der Waals surface area contributed by atoms with Crippen molar-refractivity contribution in [1.29, 1.82) is 0 Å². The molecule has 1 unspecified atom stereocenters.